The average molecular weight is 672 g/mol. The van der Waals surface area contributed by atoms with Gasteiger partial charge in [0.1, 0.15) is 6.07 Å². The third-order valence-corrected chi connectivity index (χ3v) is 7.58. The molecule has 2 aliphatic rings. The van der Waals surface area contributed by atoms with Gasteiger partial charge in [0.25, 0.3) is 0 Å². The molecule has 0 aromatic heterocycles. The highest BCUT2D eigenvalue weighted by Crippen LogP contribution is 2.25. The Balaban J connectivity index is 0.000000390. The van der Waals surface area contributed by atoms with Gasteiger partial charge >= 0.3 is 18.0 Å². The predicted molar refractivity (Wildman–Crippen MR) is 183 cm³/mol. The van der Waals surface area contributed by atoms with Gasteiger partial charge < -0.3 is 25.0 Å². The molecular formula is C36H51F2N5O5. The summed E-state index contributed by atoms with van der Waals surface area (Å²) in [7, 11) is 2.69. The van der Waals surface area contributed by atoms with Crippen LogP contribution in [0.15, 0.2) is 59.8 Å². The summed E-state index contributed by atoms with van der Waals surface area (Å²) >= 11 is 0. The highest BCUT2D eigenvalue weighted by Gasteiger charge is 2.33. The average Bonchev–Trinajstić information content (AvgIpc) is 3.11. The number of para-hydroxylation sites is 1. The molecular weight excluding hydrogens is 620 g/mol. The van der Waals surface area contributed by atoms with Gasteiger partial charge in [-0.2, -0.15) is 5.26 Å². The van der Waals surface area contributed by atoms with Crippen LogP contribution in [-0.2, 0) is 14.3 Å². The molecule has 0 radical (unpaired) electrons. The van der Waals surface area contributed by atoms with Gasteiger partial charge in [-0.05, 0) is 55.9 Å². The van der Waals surface area contributed by atoms with Crippen molar-refractivity contribution in [1.82, 2.24) is 15.5 Å². The van der Waals surface area contributed by atoms with Crippen molar-refractivity contribution in [2.24, 2.45) is 5.92 Å². The second-order valence-electron chi connectivity index (χ2n) is 11.0. The van der Waals surface area contributed by atoms with Crippen molar-refractivity contribution >= 4 is 23.7 Å². The SMILES string of the molecule is CC.CC1CCN(c2ccccc2C#N)CC1.CCCC(CC)NC(=O)N1CC(C(=O)OC)=C(COC)NC1=O.Fc1ccccc1F. The molecule has 0 bridgehead atoms. The lowest BCUT2D eigenvalue weighted by atomic mass is 9.98. The van der Waals surface area contributed by atoms with Crippen LogP contribution in [0.2, 0.25) is 0 Å². The van der Waals surface area contributed by atoms with E-state index >= 15 is 0 Å². The number of amides is 4. The van der Waals surface area contributed by atoms with Crippen molar-refractivity contribution in [2.75, 3.05) is 45.4 Å². The Morgan fingerprint density at radius 3 is 2.12 bits per heavy atom. The maximum absolute atomic E-state index is 12.3. The largest absolute Gasteiger partial charge is 0.466 e. The van der Waals surface area contributed by atoms with Crippen LogP contribution >= 0.6 is 0 Å². The number of nitriles is 1. The van der Waals surface area contributed by atoms with Crippen molar-refractivity contribution in [1.29, 1.82) is 5.26 Å². The maximum Gasteiger partial charge on any atom is 0.337 e. The number of benzene rings is 2. The van der Waals surface area contributed by atoms with E-state index in [2.05, 4.69) is 34.6 Å². The molecule has 2 N–H and O–H groups in total. The molecule has 4 amide bonds. The standard InChI is InChI=1S/C15H25N3O5.C13H16N2.C6H4F2.C2H6/c1-5-7-10(6-2)16-14(20)18-8-11(13(19)23-4)12(9-22-3)17-15(18)21;1-11-6-8-15(9-7-11)13-5-3-2-4-12(13)10-14;7-5-3-1-2-4-6(5)8;1-2/h10H,5-9H2,1-4H3,(H,16,20)(H,17,21);2-5,11H,6-9H2,1H3;1-4H;1-2H3. The first-order valence-electron chi connectivity index (χ1n) is 16.4. The Morgan fingerprint density at radius 2 is 1.62 bits per heavy atom. The van der Waals surface area contributed by atoms with Gasteiger partial charge in [-0.15, -0.1) is 0 Å². The highest BCUT2D eigenvalue weighted by atomic mass is 19.2. The Kier molecular flexibility index (Phi) is 19.8. The molecule has 2 aromatic carbocycles. The quantitative estimate of drug-likeness (QED) is 0.286. The van der Waals surface area contributed by atoms with Gasteiger partial charge in [0.05, 0.1) is 42.8 Å². The minimum absolute atomic E-state index is 0.00812. The molecule has 2 heterocycles. The summed E-state index contributed by atoms with van der Waals surface area (Å²) in [5, 5.41) is 14.4. The van der Waals surface area contributed by atoms with Gasteiger partial charge in [0, 0.05) is 26.2 Å². The fourth-order valence-electron chi connectivity index (χ4n) is 4.85. The first-order valence-corrected chi connectivity index (χ1v) is 16.4. The van der Waals surface area contributed by atoms with Gasteiger partial charge in [-0.1, -0.05) is 65.3 Å². The smallest absolute Gasteiger partial charge is 0.337 e. The van der Waals surface area contributed by atoms with Gasteiger partial charge in [-0.25, -0.2) is 28.1 Å². The molecule has 12 heteroatoms. The lowest BCUT2D eigenvalue weighted by molar-refractivity contribution is -0.136. The Bertz CT molecular complexity index is 1350. The second kappa shape index (κ2) is 22.9. The van der Waals surface area contributed by atoms with E-state index in [1.807, 2.05) is 45.9 Å². The first-order chi connectivity index (χ1) is 23.1. The van der Waals surface area contributed by atoms with E-state index < -0.39 is 29.7 Å². The van der Waals surface area contributed by atoms with E-state index in [0.29, 0.717) is 5.70 Å². The van der Waals surface area contributed by atoms with Crippen molar-refractivity contribution in [3.63, 3.8) is 0 Å². The molecule has 2 aromatic rings. The van der Waals surface area contributed by atoms with E-state index in [1.54, 1.807) is 0 Å². The van der Waals surface area contributed by atoms with E-state index in [4.69, 9.17) is 14.7 Å². The molecule has 4 rings (SSSR count). The Labute approximate surface area is 284 Å². The number of urea groups is 2. The third kappa shape index (κ3) is 13.3. The van der Waals surface area contributed by atoms with Gasteiger partial charge in [-0.3, -0.25) is 0 Å². The number of methoxy groups -OCH3 is 2. The van der Waals surface area contributed by atoms with Crippen molar-refractivity contribution < 1.29 is 32.6 Å². The van der Waals surface area contributed by atoms with E-state index in [1.165, 1.54) is 39.2 Å². The number of esters is 1. The van der Waals surface area contributed by atoms with Crippen LogP contribution < -0.4 is 15.5 Å². The number of piperidine rings is 1. The summed E-state index contributed by atoms with van der Waals surface area (Å²) in [6.45, 7) is 12.4. The number of carbonyl (C=O) groups excluding carboxylic acids is 3. The van der Waals surface area contributed by atoms with E-state index in [9.17, 15) is 23.2 Å². The highest BCUT2D eigenvalue weighted by molar-refractivity contribution is 6.00. The molecule has 1 unspecified atom stereocenters. The monoisotopic (exact) mass is 671 g/mol. The first kappa shape index (κ1) is 41.5. The molecule has 2 aliphatic heterocycles. The zero-order chi connectivity index (χ0) is 36.1. The summed E-state index contributed by atoms with van der Waals surface area (Å²) in [5.74, 6) is -1.37. The molecule has 1 saturated heterocycles. The minimum atomic E-state index is -0.799. The summed E-state index contributed by atoms with van der Waals surface area (Å²) < 4.78 is 33.6. The summed E-state index contributed by atoms with van der Waals surface area (Å²) in [6, 6.07) is 14.1. The van der Waals surface area contributed by atoms with Crippen molar-refractivity contribution in [3.8, 4) is 6.07 Å². The fraction of sp³-hybridized carbons (Fsp3) is 0.500. The zero-order valence-electron chi connectivity index (χ0n) is 29.3. The van der Waals surface area contributed by atoms with Crippen LogP contribution in [0, 0.1) is 28.9 Å². The molecule has 0 saturated carbocycles. The number of hydrogen-bond acceptors (Lipinski definition) is 7. The van der Waals surface area contributed by atoms with E-state index in [0.717, 1.165) is 66.6 Å². The number of anilines is 1. The number of imide groups is 1. The van der Waals surface area contributed by atoms with Gasteiger partial charge in [0.15, 0.2) is 11.6 Å². The minimum Gasteiger partial charge on any atom is -0.466 e. The topological polar surface area (TPSA) is 124 Å². The zero-order valence-corrected chi connectivity index (χ0v) is 29.3. The number of rotatable bonds is 8. The van der Waals surface area contributed by atoms with Crippen LogP contribution in [-0.4, -0.2) is 69.4 Å². The number of hydrogen-bond donors (Lipinski definition) is 2. The van der Waals surface area contributed by atoms with Crippen LogP contribution in [0.1, 0.15) is 72.3 Å². The number of ether oxygens (including phenoxy) is 2. The lowest BCUT2D eigenvalue weighted by Crippen LogP contribution is -2.55. The number of nitrogens with zero attached hydrogens (tertiary/aromatic N) is 3. The van der Waals surface area contributed by atoms with Crippen LogP contribution in [0.3, 0.4) is 0 Å². The summed E-state index contributed by atoms with van der Waals surface area (Å²) in [6.07, 6.45) is 4.99. The maximum atomic E-state index is 12.3. The predicted octanol–water partition coefficient (Wildman–Crippen LogP) is 7.16. The number of carbonyl (C=O) groups is 3. The molecule has 10 nitrogen and oxygen atoms in total. The molecule has 0 aliphatic carbocycles. The van der Waals surface area contributed by atoms with Crippen LogP contribution in [0.5, 0.6) is 0 Å². The fourth-order valence-corrected chi connectivity index (χ4v) is 4.85. The third-order valence-electron chi connectivity index (χ3n) is 7.58. The Morgan fingerprint density at radius 1 is 1.04 bits per heavy atom. The van der Waals surface area contributed by atoms with Crippen molar-refractivity contribution in [2.45, 2.75) is 72.8 Å². The molecule has 1 atom stereocenters. The molecule has 0 spiro atoms. The number of nitrogens with one attached hydrogen (secondary N) is 2. The Hall–Kier alpha value is -4.50. The summed E-state index contributed by atoms with van der Waals surface area (Å²) in [5.41, 5.74) is 2.42. The second-order valence-corrected chi connectivity index (χ2v) is 11.0. The molecule has 264 valence electrons. The molecule has 48 heavy (non-hydrogen) atoms. The van der Waals surface area contributed by atoms with E-state index in [-0.39, 0.29) is 24.8 Å². The van der Waals surface area contributed by atoms with Crippen molar-refractivity contribution in [3.05, 3.63) is 77.0 Å². The van der Waals surface area contributed by atoms with Gasteiger partial charge in [0.2, 0.25) is 0 Å². The van der Waals surface area contributed by atoms with Crippen LogP contribution in [0.4, 0.5) is 24.1 Å². The molecule has 1 fully saturated rings. The lowest BCUT2D eigenvalue weighted by Gasteiger charge is -2.32. The van der Waals surface area contributed by atoms with Crippen LogP contribution in [0.25, 0.3) is 0 Å². The number of halogens is 2. The normalized spacial score (nSPS) is 14.8. The summed E-state index contributed by atoms with van der Waals surface area (Å²) in [4.78, 5) is 39.6.